The van der Waals surface area contributed by atoms with Gasteiger partial charge in [-0.05, 0) is 47.0 Å². The molecule has 0 saturated heterocycles. The van der Waals surface area contributed by atoms with Crippen molar-refractivity contribution in [2.24, 2.45) is 0 Å². The van der Waals surface area contributed by atoms with Crippen LogP contribution in [0.15, 0.2) is 18.2 Å². The van der Waals surface area contributed by atoms with Gasteiger partial charge in [-0.3, -0.25) is 0 Å². The first kappa shape index (κ1) is 15.5. The highest BCUT2D eigenvalue weighted by Gasteiger charge is 2.17. The Morgan fingerprint density at radius 1 is 1.15 bits per heavy atom. The minimum absolute atomic E-state index is 0.224. The highest BCUT2D eigenvalue weighted by atomic mass is 32.1. The first-order valence-corrected chi connectivity index (χ1v) is 8.54. The van der Waals surface area contributed by atoms with Gasteiger partial charge in [-0.1, -0.05) is 47.1 Å². The number of hydrogen-bond acceptors (Lipinski definition) is 2. The summed E-state index contributed by atoms with van der Waals surface area (Å²) in [6.45, 7) is 13.4. The standard InChI is InChI=1S/C18H27NS/c1-6-8-14-15-11-13(18(3,4)5)9-10-16(15)20-17(14)12-19-7-2/h9-11,19H,6-8,12H2,1-5H3. The van der Waals surface area contributed by atoms with Crippen molar-refractivity contribution in [3.8, 4) is 0 Å². The fourth-order valence-electron chi connectivity index (χ4n) is 2.57. The second-order valence-electron chi connectivity index (χ2n) is 6.50. The van der Waals surface area contributed by atoms with Gasteiger partial charge in [-0.25, -0.2) is 0 Å². The van der Waals surface area contributed by atoms with Crippen LogP contribution in [-0.2, 0) is 18.4 Å². The van der Waals surface area contributed by atoms with Crippen molar-refractivity contribution in [3.63, 3.8) is 0 Å². The van der Waals surface area contributed by atoms with E-state index in [-0.39, 0.29) is 5.41 Å². The van der Waals surface area contributed by atoms with Crippen molar-refractivity contribution in [1.82, 2.24) is 5.32 Å². The summed E-state index contributed by atoms with van der Waals surface area (Å²) in [5.41, 5.74) is 3.23. The van der Waals surface area contributed by atoms with Crippen LogP contribution < -0.4 is 5.32 Å². The topological polar surface area (TPSA) is 12.0 Å². The predicted molar refractivity (Wildman–Crippen MR) is 91.9 cm³/mol. The lowest BCUT2D eigenvalue weighted by Gasteiger charge is -2.19. The average Bonchev–Trinajstić information content (AvgIpc) is 2.73. The van der Waals surface area contributed by atoms with Gasteiger partial charge < -0.3 is 5.32 Å². The summed E-state index contributed by atoms with van der Waals surface area (Å²) in [4.78, 5) is 1.52. The molecule has 0 aliphatic carbocycles. The molecule has 20 heavy (non-hydrogen) atoms. The average molecular weight is 289 g/mol. The van der Waals surface area contributed by atoms with Crippen LogP contribution in [0.25, 0.3) is 10.1 Å². The highest BCUT2D eigenvalue weighted by Crippen LogP contribution is 2.35. The summed E-state index contributed by atoms with van der Waals surface area (Å²) in [7, 11) is 0. The summed E-state index contributed by atoms with van der Waals surface area (Å²) in [5, 5.41) is 4.96. The lowest BCUT2D eigenvalue weighted by molar-refractivity contribution is 0.591. The second-order valence-corrected chi connectivity index (χ2v) is 7.63. The number of rotatable bonds is 5. The lowest BCUT2D eigenvalue weighted by Crippen LogP contribution is -2.12. The van der Waals surface area contributed by atoms with Crippen LogP contribution in [0.1, 0.15) is 57.0 Å². The van der Waals surface area contributed by atoms with Crippen LogP contribution in [0.3, 0.4) is 0 Å². The first-order chi connectivity index (χ1) is 9.47. The Morgan fingerprint density at radius 3 is 2.50 bits per heavy atom. The van der Waals surface area contributed by atoms with E-state index < -0.39 is 0 Å². The molecule has 0 aliphatic heterocycles. The maximum Gasteiger partial charge on any atom is 0.0349 e. The van der Waals surface area contributed by atoms with Gasteiger partial charge in [0.25, 0.3) is 0 Å². The van der Waals surface area contributed by atoms with Crippen molar-refractivity contribution >= 4 is 21.4 Å². The van der Waals surface area contributed by atoms with Gasteiger partial charge in [-0.2, -0.15) is 0 Å². The predicted octanol–water partition coefficient (Wildman–Crippen LogP) is 5.26. The van der Waals surface area contributed by atoms with E-state index in [2.05, 4.69) is 58.1 Å². The van der Waals surface area contributed by atoms with Gasteiger partial charge in [0, 0.05) is 16.1 Å². The normalized spacial score (nSPS) is 12.2. The molecular formula is C18H27NS. The molecule has 2 aromatic rings. The van der Waals surface area contributed by atoms with Crippen molar-refractivity contribution in [2.75, 3.05) is 6.54 Å². The van der Waals surface area contributed by atoms with E-state index in [0.29, 0.717) is 0 Å². The van der Waals surface area contributed by atoms with Gasteiger partial charge in [0.05, 0.1) is 0 Å². The van der Waals surface area contributed by atoms with Gasteiger partial charge in [0.15, 0.2) is 0 Å². The molecule has 1 aromatic heterocycles. The van der Waals surface area contributed by atoms with Crippen LogP contribution in [0, 0.1) is 0 Å². The van der Waals surface area contributed by atoms with Crippen molar-refractivity contribution in [3.05, 3.63) is 34.2 Å². The van der Waals surface area contributed by atoms with E-state index in [9.17, 15) is 0 Å². The summed E-state index contributed by atoms with van der Waals surface area (Å²) in [6, 6.07) is 7.03. The number of aryl methyl sites for hydroxylation is 1. The Bertz CT molecular complexity index is 575. The Morgan fingerprint density at radius 2 is 1.90 bits per heavy atom. The van der Waals surface area contributed by atoms with Gasteiger partial charge in [0.1, 0.15) is 0 Å². The zero-order chi connectivity index (χ0) is 14.8. The van der Waals surface area contributed by atoms with Crippen LogP contribution in [0.5, 0.6) is 0 Å². The Balaban J connectivity index is 2.51. The highest BCUT2D eigenvalue weighted by molar-refractivity contribution is 7.19. The summed E-state index contributed by atoms with van der Waals surface area (Å²) < 4.78 is 1.44. The Kier molecular flexibility index (Phi) is 4.87. The number of thiophene rings is 1. The molecule has 2 rings (SSSR count). The summed E-state index contributed by atoms with van der Waals surface area (Å²) in [5.74, 6) is 0. The monoisotopic (exact) mass is 289 g/mol. The fourth-order valence-corrected chi connectivity index (χ4v) is 3.77. The smallest absolute Gasteiger partial charge is 0.0349 e. The molecule has 110 valence electrons. The molecule has 2 heteroatoms. The van der Waals surface area contributed by atoms with Crippen molar-refractivity contribution < 1.29 is 0 Å². The molecule has 0 bridgehead atoms. The second kappa shape index (κ2) is 6.28. The molecule has 0 amide bonds. The molecule has 1 heterocycles. The SMILES string of the molecule is CCCc1c(CNCC)sc2ccc(C(C)(C)C)cc12. The van der Waals surface area contributed by atoms with Gasteiger partial charge >= 0.3 is 0 Å². The van der Waals surface area contributed by atoms with Crippen LogP contribution in [0.2, 0.25) is 0 Å². The summed E-state index contributed by atoms with van der Waals surface area (Å²) >= 11 is 1.96. The van der Waals surface area contributed by atoms with Crippen molar-refractivity contribution in [2.45, 2.75) is 59.4 Å². The Labute approximate surface area is 127 Å². The Hall–Kier alpha value is -0.860. The molecule has 0 fully saturated rings. The van der Waals surface area contributed by atoms with Crippen LogP contribution in [0.4, 0.5) is 0 Å². The number of nitrogens with one attached hydrogen (secondary N) is 1. The van der Waals surface area contributed by atoms with E-state index in [4.69, 9.17) is 0 Å². The number of fused-ring (bicyclic) bond motifs is 1. The molecule has 0 radical (unpaired) electrons. The lowest BCUT2D eigenvalue weighted by atomic mass is 9.86. The molecule has 0 atom stereocenters. The third-order valence-electron chi connectivity index (χ3n) is 3.78. The molecule has 0 spiro atoms. The van der Waals surface area contributed by atoms with E-state index in [0.717, 1.165) is 13.1 Å². The molecular weight excluding hydrogens is 262 g/mol. The minimum atomic E-state index is 0.224. The summed E-state index contributed by atoms with van der Waals surface area (Å²) in [6.07, 6.45) is 2.40. The zero-order valence-corrected chi connectivity index (χ0v) is 14.3. The largest absolute Gasteiger partial charge is 0.312 e. The molecule has 0 saturated carbocycles. The van der Waals surface area contributed by atoms with Crippen molar-refractivity contribution in [1.29, 1.82) is 0 Å². The maximum atomic E-state index is 3.48. The van der Waals surface area contributed by atoms with E-state index in [1.807, 2.05) is 11.3 Å². The maximum absolute atomic E-state index is 3.48. The van der Waals surface area contributed by atoms with E-state index in [1.54, 1.807) is 5.56 Å². The van der Waals surface area contributed by atoms with Crippen LogP contribution >= 0.6 is 11.3 Å². The molecule has 1 N–H and O–H groups in total. The molecule has 1 aromatic carbocycles. The third-order valence-corrected chi connectivity index (χ3v) is 4.99. The number of hydrogen-bond donors (Lipinski definition) is 1. The van der Waals surface area contributed by atoms with Gasteiger partial charge in [-0.15, -0.1) is 11.3 Å². The number of benzene rings is 1. The fraction of sp³-hybridized carbons (Fsp3) is 0.556. The molecule has 0 unspecified atom stereocenters. The van der Waals surface area contributed by atoms with Crippen LogP contribution in [-0.4, -0.2) is 6.54 Å². The van der Waals surface area contributed by atoms with E-state index >= 15 is 0 Å². The molecule has 1 nitrogen and oxygen atoms in total. The first-order valence-electron chi connectivity index (χ1n) is 7.72. The quantitative estimate of drug-likeness (QED) is 0.791. The van der Waals surface area contributed by atoms with Gasteiger partial charge in [0.2, 0.25) is 0 Å². The molecule has 0 aliphatic rings. The minimum Gasteiger partial charge on any atom is -0.312 e. The zero-order valence-electron chi connectivity index (χ0n) is 13.5. The third kappa shape index (κ3) is 3.24. The van der Waals surface area contributed by atoms with E-state index in [1.165, 1.54) is 33.4 Å².